The Morgan fingerprint density at radius 2 is 1.95 bits per heavy atom. The molecule has 0 aliphatic heterocycles. The minimum atomic E-state index is 0.111. The van der Waals surface area contributed by atoms with Crippen molar-refractivity contribution in [3.63, 3.8) is 0 Å². The Labute approximate surface area is 130 Å². The SMILES string of the molecule is COc1ccc(N=Cc2c(O)[nH]c3ccc(Br)cc23)cc1. The Morgan fingerprint density at radius 1 is 1.19 bits per heavy atom. The van der Waals surface area contributed by atoms with Crippen molar-refractivity contribution in [2.24, 2.45) is 4.99 Å². The largest absolute Gasteiger partial charge is 0.497 e. The minimum absolute atomic E-state index is 0.111. The molecule has 0 saturated heterocycles. The summed E-state index contributed by atoms with van der Waals surface area (Å²) in [6.45, 7) is 0. The number of H-pyrrole nitrogens is 1. The molecule has 0 saturated carbocycles. The number of benzene rings is 2. The van der Waals surface area contributed by atoms with Crippen molar-refractivity contribution in [3.05, 3.63) is 52.5 Å². The normalized spacial score (nSPS) is 11.3. The van der Waals surface area contributed by atoms with Gasteiger partial charge in [0.2, 0.25) is 0 Å². The molecule has 106 valence electrons. The Bertz CT molecular complexity index is 807. The topological polar surface area (TPSA) is 57.6 Å². The van der Waals surface area contributed by atoms with E-state index < -0.39 is 0 Å². The Balaban J connectivity index is 1.98. The fourth-order valence-electron chi connectivity index (χ4n) is 2.11. The van der Waals surface area contributed by atoms with Crippen molar-refractivity contribution in [2.45, 2.75) is 0 Å². The van der Waals surface area contributed by atoms with Crippen LogP contribution >= 0.6 is 15.9 Å². The maximum Gasteiger partial charge on any atom is 0.198 e. The number of hydrogen-bond acceptors (Lipinski definition) is 3. The first kappa shape index (κ1) is 13.7. The van der Waals surface area contributed by atoms with Gasteiger partial charge in [-0.15, -0.1) is 0 Å². The van der Waals surface area contributed by atoms with E-state index in [4.69, 9.17) is 4.74 Å². The Morgan fingerprint density at radius 3 is 2.67 bits per heavy atom. The summed E-state index contributed by atoms with van der Waals surface area (Å²) in [6, 6.07) is 13.2. The molecule has 2 aromatic carbocycles. The molecule has 0 radical (unpaired) electrons. The van der Waals surface area contributed by atoms with Crippen LogP contribution in [0.1, 0.15) is 5.56 Å². The molecule has 0 amide bonds. The van der Waals surface area contributed by atoms with Crippen LogP contribution in [-0.4, -0.2) is 23.4 Å². The lowest BCUT2D eigenvalue weighted by atomic mass is 10.2. The molecule has 1 heterocycles. The lowest BCUT2D eigenvalue weighted by molar-refractivity contribution is 0.415. The number of methoxy groups -OCH3 is 1. The molecular formula is C16H13BrN2O2. The molecule has 2 N–H and O–H groups in total. The predicted molar refractivity (Wildman–Crippen MR) is 87.9 cm³/mol. The highest BCUT2D eigenvalue weighted by Crippen LogP contribution is 2.29. The smallest absolute Gasteiger partial charge is 0.198 e. The van der Waals surface area contributed by atoms with Crippen molar-refractivity contribution >= 4 is 38.7 Å². The molecule has 0 aliphatic rings. The van der Waals surface area contributed by atoms with E-state index in [1.807, 2.05) is 42.5 Å². The van der Waals surface area contributed by atoms with E-state index >= 15 is 0 Å². The Hall–Kier alpha value is -2.27. The van der Waals surface area contributed by atoms with Crippen LogP contribution in [0.5, 0.6) is 11.6 Å². The molecule has 0 aliphatic carbocycles. The number of ether oxygens (including phenoxy) is 1. The molecule has 4 nitrogen and oxygen atoms in total. The maximum absolute atomic E-state index is 10.0. The summed E-state index contributed by atoms with van der Waals surface area (Å²) < 4.78 is 6.06. The van der Waals surface area contributed by atoms with Gasteiger partial charge in [0.15, 0.2) is 5.88 Å². The summed E-state index contributed by atoms with van der Waals surface area (Å²) in [5, 5.41) is 10.9. The lowest BCUT2D eigenvalue weighted by Crippen LogP contribution is -1.81. The van der Waals surface area contributed by atoms with Gasteiger partial charge in [0.1, 0.15) is 5.75 Å². The van der Waals surface area contributed by atoms with E-state index in [0.29, 0.717) is 5.56 Å². The summed E-state index contributed by atoms with van der Waals surface area (Å²) in [5.74, 6) is 0.896. The quantitative estimate of drug-likeness (QED) is 0.692. The summed E-state index contributed by atoms with van der Waals surface area (Å²) in [5.41, 5.74) is 2.33. The van der Waals surface area contributed by atoms with Gasteiger partial charge in [-0.3, -0.25) is 4.99 Å². The number of hydrogen-bond donors (Lipinski definition) is 2. The molecule has 0 fully saturated rings. The Kier molecular flexibility index (Phi) is 3.66. The van der Waals surface area contributed by atoms with Gasteiger partial charge in [-0.25, -0.2) is 0 Å². The molecule has 0 bridgehead atoms. The van der Waals surface area contributed by atoms with Crippen molar-refractivity contribution in [2.75, 3.05) is 7.11 Å². The first-order valence-electron chi connectivity index (χ1n) is 6.35. The van der Waals surface area contributed by atoms with Gasteiger partial charge in [-0.05, 0) is 42.5 Å². The van der Waals surface area contributed by atoms with E-state index in [-0.39, 0.29) is 5.88 Å². The van der Waals surface area contributed by atoms with Crippen LogP contribution in [0.4, 0.5) is 5.69 Å². The predicted octanol–water partition coefficient (Wildman–Crippen LogP) is 4.40. The van der Waals surface area contributed by atoms with Gasteiger partial charge in [0.25, 0.3) is 0 Å². The van der Waals surface area contributed by atoms with E-state index in [1.54, 1.807) is 13.3 Å². The van der Waals surface area contributed by atoms with Gasteiger partial charge in [0.05, 0.1) is 18.4 Å². The fraction of sp³-hybridized carbons (Fsp3) is 0.0625. The second-order valence-corrected chi connectivity index (χ2v) is 5.45. The van der Waals surface area contributed by atoms with E-state index in [0.717, 1.165) is 26.8 Å². The summed E-state index contributed by atoms with van der Waals surface area (Å²) in [7, 11) is 1.63. The van der Waals surface area contributed by atoms with Crippen LogP contribution in [0, 0.1) is 0 Å². The van der Waals surface area contributed by atoms with Crippen molar-refractivity contribution in [3.8, 4) is 11.6 Å². The minimum Gasteiger partial charge on any atom is -0.497 e. The number of halogens is 1. The van der Waals surface area contributed by atoms with Crippen LogP contribution in [0.2, 0.25) is 0 Å². The molecule has 5 heteroatoms. The van der Waals surface area contributed by atoms with Crippen molar-refractivity contribution in [1.82, 2.24) is 4.98 Å². The fourth-order valence-corrected chi connectivity index (χ4v) is 2.47. The van der Waals surface area contributed by atoms with Crippen LogP contribution in [0.3, 0.4) is 0 Å². The summed E-state index contributed by atoms with van der Waals surface area (Å²) >= 11 is 3.43. The van der Waals surface area contributed by atoms with Gasteiger partial charge in [0, 0.05) is 21.6 Å². The van der Waals surface area contributed by atoms with Crippen molar-refractivity contribution < 1.29 is 9.84 Å². The zero-order valence-corrected chi connectivity index (χ0v) is 12.9. The third kappa shape index (κ3) is 2.78. The van der Waals surface area contributed by atoms with Gasteiger partial charge < -0.3 is 14.8 Å². The zero-order valence-electron chi connectivity index (χ0n) is 11.3. The monoisotopic (exact) mass is 344 g/mol. The van der Waals surface area contributed by atoms with Gasteiger partial charge in [-0.2, -0.15) is 0 Å². The second-order valence-electron chi connectivity index (χ2n) is 4.53. The molecule has 21 heavy (non-hydrogen) atoms. The highest BCUT2D eigenvalue weighted by molar-refractivity contribution is 9.10. The zero-order chi connectivity index (χ0) is 14.8. The molecular weight excluding hydrogens is 332 g/mol. The molecule has 0 spiro atoms. The highest BCUT2D eigenvalue weighted by atomic mass is 79.9. The van der Waals surface area contributed by atoms with E-state index in [2.05, 4.69) is 25.9 Å². The van der Waals surface area contributed by atoms with Crippen LogP contribution in [0.25, 0.3) is 10.9 Å². The van der Waals surface area contributed by atoms with Crippen LogP contribution in [-0.2, 0) is 0 Å². The third-order valence-corrected chi connectivity index (χ3v) is 3.69. The number of nitrogens with one attached hydrogen (secondary N) is 1. The number of nitrogens with zero attached hydrogens (tertiary/aromatic N) is 1. The first-order valence-corrected chi connectivity index (χ1v) is 7.15. The number of fused-ring (bicyclic) bond motifs is 1. The van der Waals surface area contributed by atoms with Crippen LogP contribution in [0.15, 0.2) is 51.9 Å². The highest BCUT2D eigenvalue weighted by Gasteiger charge is 2.08. The molecule has 0 unspecified atom stereocenters. The molecule has 3 aromatic rings. The van der Waals surface area contributed by atoms with Crippen LogP contribution < -0.4 is 4.74 Å². The maximum atomic E-state index is 10.0. The van der Waals surface area contributed by atoms with Crippen molar-refractivity contribution in [1.29, 1.82) is 0 Å². The number of aromatic hydroxyl groups is 1. The molecule has 1 aromatic heterocycles. The second kappa shape index (κ2) is 5.61. The average Bonchev–Trinajstić information content (AvgIpc) is 2.80. The van der Waals surface area contributed by atoms with Gasteiger partial charge in [-0.1, -0.05) is 15.9 Å². The molecule has 3 rings (SSSR count). The number of rotatable bonds is 3. The van der Waals surface area contributed by atoms with E-state index in [1.165, 1.54) is 0 Å². The first-order chi connectivity index (χ1) is 10.2. The number of aromatic nitrogens is 1. The standard InChI is InChI=1S/C16H13BrN2O2/c1-21-12-5-3-11(4-6-12)18-9-14-13-8-10(17)2-7-15(13)19-16(14)20/h2-9,19-20H,1H3. The average molecular weight is 345 g/mol. The third-order valence-electron chi connectivity index (χ3n) is 3.20. The number of aliphatic imine (C=N–C) groups is 1. The van der Waals surface area contributed by atoms with E-state index in [9.17, 15) is 5.11 Å². The van der Waals surface area contributed by atoms with Gasteiger partial charge >= 0.3 is 0 Å². The lowest BCUT2D eigenvalue weighted by Gasteiger charge is -1.99. The number of aromatic amines is 1. The summed E-state index contributed by atoms with van der Waals surface area (Å²) in [4.78, 5) is 7.32. The summed E-state index contributed by atoms with van der Waals surface area (Å²) in [6.07, 6.45) is 1.66. The molecule has 0 atom stereocenters.